The smallest absolute Gasteiger partial charge is 0.258 e. The average Bonchev–Trinajstić information content (AvgIpc) is 2.48. The molecular weight excluding hydrogens is 340 g/mol. The first-order valence-corrected chi connectivity index (χ1v) is 8.33. The minimum atomic E-state index is -4.62. The van der Waals surface area contributed by atoms with Crippen LogP contribution in [-0.4, -0.2) is 33.0 Å². The van der Waals surface area contributed by atoms with Crippen LogP contribution in [0.5, 0.6) is 0 Å². The highest BCUT2D eigenvalue weighted by Crippen LogP contribution is 2.24. The number of quaternary nitrogens is 1. The molecule has 2 aromatic carbocycles. The minimum absolute atomic E-state index is 0.198. The molecule has 6 nitrogen and oxygen atoms in total. The van der Waals surface area contributed by atoms with Gasteiger partial charge in [0, 0.05) is 28.4 Å². The third-order valence-electron chi connectivity index (χ3n) is 3.39. The van der Waals surface area contributed by atoms with Gasteiger partial charge < -0.3 is 9.87 Å². The number of hydrogen-bond donors (Lipinski definition) is 1. The van der Waals surface area contributed by atoms with E-state index >= 15 is 0 Å². The van der Waals surface area contributed by atoms with Crippen LogP contribution in [0, 0.1) is 0 Å². The van der Waals surface area contributed by atoms with E-state index in [4.69, 9.17) is 11.6 Å². The molecule has 122 valence electrons. The molecule has 0 saturated carbocycles. The minimum Gasteiger partial charge on any atom is -0.701 e. The molecule has 0 saturated heterocycles. The van der Waals surface area contributed by atoms with Crippen LogP contribution in [-0.2, 0) is 10.3 Å². The number of halogens is 1. The first kappa shape index (κ1) is 17.4. The second-order valence-corrected chi connectivity index (χ2v) is 7.49. The zero-order valence-corrected chi connectivity index (χ0v) is 14.1. The van der Waals surface area contributed by atoms with Gasteiger partial charge in [0.1, 0.15) is 5.69 Å². The van der Waals surface area contributed by atoms with Gasteiger partial charge >= 0.3 is 0 Å². The van der Waals surface area contributed by atoms with Crippen molar-refractivity contribution in [2.45, 2.75) is 0 Å². The topological polar surface area (TPSA) is 86.3 Å². The van der Waals surface area contributed by atoms with E-state index in [0.717, 1.165) is 0 Å². The predicted molar refractivity (Wildman–Crippen MR) is 89.2 cm³/mol. The maximum atomic E-state index is 12.2. The summed E-state index contributed by atoms with van der Waals surface area (Å²) in [6, 6.07) is 12.5. The van der Waals surface area contributed by atoms with E-state index < -0.39 is 20.1 Å². The Morgan fingerprint density at radius 2 is 1.74 bits per heavy atom. The Morgan fingerprint density at radius 1 is 1.13 bits per heavy atom. The van der Waals surface area contributed by atoms with Crippen molar-refractivity contribution in [3.05, 3.63) is 59.1 Å². The number of carbonyl (C=O) groups excluding carboxylic acids is 1. The number of rotatable bonds is 4. The molecule has 1 amide bonds. The second-order valence-electron chi connectivity index (χ2n) is 5.29. The second kappa shape index (κ2) is 6.29. The van der Waals surface area contributed by atoms with Crippen molar-refractivity contribution >= 4 is 39.2 Å². The molecule has 0 atom stereocenters. The van der Waals surface area contributed by atoms with E-state index in [1.807, 2.05) is 0 Å². The monoisotopic (exact) mass is 354 g/mol. The molecule has 0 aliphatic carbocycles. The lowest BCUT2D eigenvalue weighted by atomic mass is 10.1. The predicted octanol–water partition coefficient (Wildman–Crippen LogP) is 2.62. The quantitative estimate of drug-likeness (QED) is 0.675. The van der Waals surface area contributed by atoms with Gasteiger partial charge in [-0.1, -0.05) is 17.7 Å². The molecule has 0 aromatic heterocycles. The van der Waals surface area contributed by atoms with E-state index in [-0.39, 0.29) is 11.3 Å². The molecule has 1 N–H and O–H groups in total. The first-order valence-electron chi connectivity index (χ1n) is 6.59. The molecule has 2 aromatic rings. The summed E-state index contributed by atoms with van der Waals surface area (Å²) in [4.78, 5) is 12.2. The van der Waals surface area contributed by atoms with Gasteiger partial charge in [-0.05, 0) is 30.3 Å². The normalized spacial score (nSPS) is 12.0. The molecule has 0 aliphatic rings. The van der Waals surface area contributed by atoms with Crippen molar-refractivity contribution in [1.29, 1.82) is 0 Å². The van der Waals surface area contributed by atoms with Crippen molar-refractivity contribution in [3.63, 3.8) is 0 Å². The van der Waals surface area contributed by atoms with Crippen molar-refractivity contribution in [2.24, 2.45) is 0 Å². The fourth-order valence-electron chi connectivity index (χ4n) is 1.85. The molecule has 0 aliphatic heterocycles. The molecule has 0 unspecified atom stereocenters. The highest BCUT2D eigenvalue weighted by molar-refractivity contribution is 7.85. The molecular formula is C15H15ClN2O4S. The number of nitrogens with one attached hydrogen (secondary N) is 1. The highest BCUT2D eigenvalue weighted by atomic mass is 35.5. The summed E-state index contributed by atoms with van der Waals surface area (Å²) in [5, 5.41) is 3.22. The van der Waals surface area contributed by atoms with E-state index in [2.05, 4.69) is 5.32 Å². The summed E-state index contributed by atoms with van der Waals surface area (Å²) in [5.74, 6) is -0.419. The molecule has 8 heteroatoms. The van der Waals surface area contributed by atoms with Gasteiger partial charge in [-0.3, -0.25) is 4.79 Å². The lowest BCUT2D eigenvalue weighted by Gasteiger charge is -2.30. The van der Waals surface area contributed by atoms with E-state index in [1.54, 1.807) is 24.3 Å². The van der Waals surface area contributed by atoms with Gasteiger partial charge in [0.2, 0.25) is 0 Å². The fraction of sp³-hybridized carbons (Fsp3) is 0.133. The average molecular weight is 355 g/mol. The molecule has 0 fully saturated rings. The Balaban J connectivity index is 2.29. The van der Waals surface area contributed by atoms with E-state index in [0.29, 0.717) is 10.7 Å². The van der Waals surface area contributed by atoms with Gasteiger partial charge in [-0.15, -0.1) is 0 Å². The molecule has 0 bridgehead atoms. The van der Waals surface area contributed by atoms with Gasteiger partial charge in [-0.2, -0.15) is 8.42 Å². The molecule has 23 heavy (non-hydrogen) atoms. The van der Waals surface area contributed by atoms with Crippen molar-refractivity contribution in [3.8, 4) is 0 Å². The number of hydrogen-bond acceptors (Lipinski definition) is 4. The van der Waals surface area contributed by atoms with Crippen molar-refractivity contribution in [1.82, 2.24) is 3.89 Å². The van der Waals surface area contributed by atoms with Crippen LogP contribution in [0.2, 0.25) is 5.02 Å². The summed E-state index contributed by atoms with van der Waals surface area (Å²) >= 11 is 5.78. The molecule has 2 rings (SSSR count). The van der Waals surface area contributed by atoms with Crippen molar-refractivity contribution < 1.29 is 17.8 Å². The zero-order chi connectivity index (χ0) is 17.3. The SMILES string of the molecule is C[N+](C)(c1cccc(C(=O)Nc2ccc(Cl)cc2)c1)S(=O)(=O)[O-]. The summed E-state index contributed by atoms with van der Waals surface area (Å²) in [5.41, 5.74) is 0.992. The Labute approximate surface area is 139 Å². The van der Waals surface area contributed by atoms with Crippen LogP contribution in [0.25, 0.3) is 0 Å². The maximum Gasteiger partial charge on any atom is 0.258 e. The summed E-state index contributed by atoms with van der Waals surface area (Å²) in [7, 11) is -2.12. The van der Waals surface area contributed by atoms with Crippen LogP contribution < -0.4 is 9.21 Å². The fourth-order valence-corrected chi connectivity index (χ4v) is 2.35. The van der Waals surface area contributed by atoms with Gasteiger partial charge in [-0.25, -0.2) is 3.89 Å². The van der Waals surface area contributed by atoms with Crippen LogP contribution in [0.4, 0.5) is 11.4 Å². The van der Waals surface area contributed by atoms with Crippen LogP contribution in [0.15, 0.2) is 48.5 Å². The Kier molecular flexibility index (Phi) is 4.76. The molecule has 0 spiro atoms. The van der Waals surface area contributed by atoms with Gasteiger partial charge in [0.05, 0.1) is 14.1 Å². The van der Waals surface area contributed by atoms with Crippen LogP contribution in [0.1, 0.15) is 10.4 Å². The Morgan fingerprint density at radius 3 is 2.30 bits per heavy atom. The number of nitrogens with zero attached hydrogens (tertiary/aromatic N) is 1. The zero-order valence-electron chi connectivity index (χ0n) is 12.5. The summed E-state index contributed by atoms with van der Waals surface area (Å²) in [6.07, 6.45) is 0. The maximum absolute atomic E-state index is 12.2. The Hall–Kier alpha value is -1.93. The summed E-state index contributed by atoms with van der Waals surface area (Å²) in [6.45, 7) is 0. The third-order valence-corrected chi connectivity index (χ3v) is 4.97. The molecule has 0 heterocycles. The largest absolute Gasteiger partial charge is 0.701 e. The first-order chi connectivity index (χ1) is 10.6. The summed E-state index contributed by atoms with van der Waals surface area (Å²) < 4.78 is 33.2. The number of anilines is 1. The lowest BCUT2D eigenvalue weighted by Crippen LogP contribution is -2.46. The standard InChI is InChI=1S/C15H15ClN2O4S/c1-18(2,23(20,21)22)14-5-3-4-11(10-14)15(19)17-13-8-6-12(16)7-9-13/h3-10H,1-2H3,(H-,17,19,20,21,22). The highest BCUT2D eigenvalue weighted by Gasteiger charge is 2.27. The van der Waals surface area contributed by atoms with Gasteiger partial charge in [0.25, 0.3) is 16.2 Å². The van der Waals surface area contributed by atoms with Crippen LogP contribution >= 0.6 is 11.6 Å². The van der Waals surface area contributed by atoms with Crippen molar-refractivity contribution in [2.75, 3.05) is 19.4 Å². The van der Waals surface area contributed by atoms with E-state index in [1.165, 1.54) is 38.4 Å². The van der Waals surface area contributed by atoms with Gasteiger partial charge in [0.15, 0.2) is 0 Å². The third kappa shape index (κ3) is 3.89. The molecule has 0 radical (unpaired) electrons. The number of benzene rings is 2. The van der Waals surface area contributed by atoms with Crippen LogP contribution in [0.3, 0.4) is 0 Å². The lowest BCUT2D eigenvalue weighted by molar-refractivity contribution is 0.102. The Bertz CT molecular complexity index is 833. The number of amides is 1. The number of carbonyl (C=O) groups is 1. The van der Waals surface area contributed by atoms with E-state index in [9.17, 15) is 17.8 Å².